The number of aryl methyl sites for hydroxylation is 1. The van der Waals surface area contributed by atoms with E-state index in [0.29, 0.717) is 10.8 Å². The van der Waals surface area contributed by atoms with Crippen molar-refractivity contribution in [2.24, 2.45) is 0 Å². The summed E-state index contributed by atoms with van der Waals surface area (Å²) in [6.07, 6.45) is 1.51. The SMILES string of the molecule is Cc1cc(SNc2ccsn2)ncc1N(C)F. The van der Waals surface area contributed by atoms with Crippen molar-refractivity contribution in [1.29, 1.82) is 0 Å². The summed E-state index contributed by atoms with van der Waals surface area (Å²) in [5.74, 6) is 0.797. The number of nitrogens with zero attached hydrogens (tertiary/aromatic N) is 3. The summed E-state index contributed by atoms with van der Waals surface area (Å²) < 4.78 is 20.2. The smallest absolute Gasteiger partial charge is 0.149 e. The van der Waals surface area contributed by atoms with Crippen molar-refractivity contribution in [3.63, 3.8) is 0 Å². The molecule has 7 heteroatoms. The number of hydrogen-bond donors (Lipinski definition) is 1. The average Bonchev–Trinajstić information content (AvgIpc) is 2.78. The number of hydrogen-bond acceptors (Lipinski definition) is 6. The maximum absolute atomic E-state index is 13.0. The molecule has 2 aromatic heterocycles. The Kier molecular flexibility index (Phi) is 3.80. The van der Waals surface area contributed by atoms with Crippen molar-refractivity contribution >= 4 is 35.0 Å². The molecule has 0 spiro atoms. The van der Waals surface area contributed by atoms with Crippen LogP contribution in [0.1, 0.15) is 5.56 Å². The second-order valence-electron chi connectivity index (χ2n) is 3.37. The van der Waals surface area contributed by atoms with Gasteiger partial charge in [-0.15, -0.1) is 4.48 Å². The normalized spacial score (nSPS) is 10.3. The third kappa shape index (κ3) is 3.07. The van der Waals surface area contributed by atoms with Gasteiger partial charge in [0.1, 0.15) is 10.8 Å². The Hall–Kier alpha value is -1.34. The van der Waals surface area contributed by atoms with Crippen molar-refractivity contribution in [2.75, 3.05) is 16.9 Å². The van der Waals surface area contributed by atoms with Crippen molar-refractivity contribution in [1.82, 2.24) is 9.36 Å². The number of halogens is 1. The zero-order valence-electron chi connectivity index (χ0n) is 9.35. The monoisotopic (exact) mass is 270 g/mol. The van der Waals surface area contributed by atoms with Gasteiger partial charge in [0.15, 0.2) is 0 Å². The Morgan fingerprint density at radius 2 is 2.35 bits per heavy atom. The van der Waals surface area contributed by atoms with Gasteiger partial charge in [-0.2, -0.15) is 4.37 Å². The minimum Gasteiger partial charge on any atom is -0.308 e. The Balaban J connectivity index is 2.05. The predicted molar refractivity (Wildman–Crippen MR) is 70.1 cm³/mol. The minimum atomic E-state index is 0.475. The fraction of sp³-hybridized carbons (Fsp3) is 0.200. The van der Waals surface area contributed by atoms with E-state index in [2.05, 4.69) is 14.1 Å². The van der Waals surface area contributed by atoms with Crippen LogP contribution in [0.3, 0.4) is 0 Å². The highest BCUT2D eigenvalue weighted by molar-refractivity contribution is 8.00. The molecular weight excluding hydrogens is 259 g/mol. The number of nitrogens with one attached hydrogen (secondary N) is 1. The van der Waals surface area contributed by atoms with Crippen LogP contribution in [0.4, 0.5) is 16.0 Å². The molecule has 0 amide bonds. The first-order valence-corrected chi connectivity index (χ1v) is 6.51. The maximum Gasteiger partial charge on any atom is 0.149 e. The molecule has 0 atom stereocenters. The zero-order valence-corrected chi connectivity index (χ0v) is 11.0. The van der Waals surface area contributed by atoms with Crippen LogP contribution in [-0.4, -0.2) is 16.4 Å². The Labute approximate surface area is 107 Å². The first kappa shape index (κ1) is 12.1. The summed E-state index contributed by atoms with van der Waals surface area (Å²) in [5.41, 5.74) is 1.32. The van der Waals surface area contributed by atoms with E-state index in [0.717, 1.165) is 16.4 Å². The van der Waals surface area contributed by atoms with E-state index in [4.69, 9.17) is 0 Å². The number of pyridine rings is 1. The fourth-order valence-electron chi connectivity index (χ4n) is 1.27. The van der Waals surface area contributed by atoms with E-state index in [9.17, 15) is 4.48 Å². The molecular formula is C10H11FN4S2. The van der Waals surface area contributed by atoms with Crippen LogP contribution < -0.4 is 9.84 Å². The summed E-state index contributed by atoms with van der Waals surface area (Å²) in [6, 6.07) is 3.71. The zero-order chi connectivity index (χ0) is 12.3. The number of anilines is 2. The van der Waals surface area contributed by atoms with Gasteiger partial charge in [0.05, 0.1) is 11.9 Å². The lowest BCUT2D eigenvalue weighted by molar-refractivity contribution is 0.474. The molecule has 0 aliphatic rings. The molecule has 0 aromatic carbocycles. The molecule has 90 valence electrons. The quantitative estimate of drug-likeness (QED) is 0.682. The molecule has 0 bridgehead atoms. The molecule has 0 saturated heterocycles. The summed E-state index contributed by atoms with van der Waals surface area (Å²) >= 11 is 2.74. The Morgan fingerprint density at radius 3 is 2.94 bits per heavy atom. The molecule has 0 saturated carbocycles. The van der Waals surface area contributed by atoms with Crippen molar-refractivity contribution < 1.29 is 4.48 Å². The summed E-state index contributed by atoms with van der Waals surface area (Å²) in [5, 5.41) is 3.23. The topological polar surface area (TPSA) is 41.1 Å². The number of aromatic nitrogens is 2. The molecule has 0 radical (unpaired) electrons. The van der Waals surface area contributed by atoms with E-state index < -0.39 is 0 Å². The molecule has 17 heavy (non-hydrogen) atoms. The van der Waals surface area contributed by atoms with Gasteiger partial charge in [0, 0.05) is 24.4 Å². The molecule has 4 nitrogen and oxygen atoms in total. The summed E-state index contributed by atoms with van der Waals surface area (Å²) in [7, 11) is 1.35. The van der Waals surface area contributed by atoms with Gasteiger partial charge in [0.2, 0.25) is 0 Å². The van der Waals surface area contributed by atoms with Crippen LogP contribution >= 0.6 is 23.5 Å². The largest absolute Gasteiger partial charge is 0.308 e. The maximum atomic E-state index is 13.0. The highest BCUT2D eigenvalue weighted by Crippen LogP contribution is 2.24. The van der Waals surface area contributed by atoms with Crippen molar-refractivity contribution in [2.45, 2.75) is 11.9 Å². The molecule has 1 N–H and O–H groups in total. The minimum absolute atomic E-state index is 0.475. The highest BCUT2D eigenvalue weighted by Gasteiger charge is 2.06. The molecule has 0 fully saturated rings. The van der Waals surface area contributed by atoms with Crippen LogP contribution in [0.5, 0.6) is 0 Å². The van der Waals surface area contributed by atoms with Gasteiger partial charge in [-0.25, -0.2) is 10.1 Å². The van der Waals surface area contributed by atoms with Crippen LogP contribution in [0.2, 0.25) is 0 Å². The van der Waals surface area contributed by atoms with Crippen molar-refractivity contribution in [3.05, 3.63) is 29.3 Å². The lowest BCUT2D eigenvalue weighted by Crippen LogP contribution is -2.05. The van der Waals surface area contributed by atoms with E-state index in [1.54, 1.807) is 0 Å². The van der Waals surface area contributed by atoms with Crippen molar-refractivity contribution in [3.8, 4) is 0 Å². The highest BCUT2D eigenvalue weighted by atomic mass is 32.2. The molecule has 2 rings (SSSR count). The molecule has 2 heterocycles. The Morgan fingerprint density at radius 1 is 1.53 bits per heavy atom. The molecule has 0 unspecified atom stereocenters. The molecule has 2 aromatic rings. The van der Waals surface area contributed by atoms with Gasteiger partial charge in [-0.05, 0) is 36.2 Å². The molecule has 0 aliphatic heterocycles. The van der Waals surface area contributed by atoms with E-state index in [1.165, 1.54) is 36.7 Å². The van der Waals surface area contributed by atoms with Gasteiger partial charge in [0.25, 0.3) is 0 Å². The van der Waals surface area contributed by atoms with Crippen LogP contribution in [0.25, 0.3) is 0 Å². The van der Waals surface area contributed by atoms with Crippen LogP contribution in [0, 0.1) is 6.92 Å². The van der Waals surface area contributed by atoms with E-state index in [-0.39, 0.29) is 0 Å². The van der Waals surface area contributed by atoms with Gasteiger partial charge >= 0.3 is 0 Å². The first-order chi connectivity index (χ1) is 8.16. The third-order valence-electron chi connectivity index (χ3n) is 2.09. The Bertz CT molecular complexity index is 487. The molecule has 0 aliphatic carbocycles. The lowest BCUT2D eigenvalue weighted by atomic mass is 10.2. The summed E-state index contributed by atoms with van der Waals surface area (Å²) in [6.45, 7) is 1.85. The lowest BCUT2D eigenvalue weighted by Gasteiger charge is -2.11. The second-order valence-corrected chi connectivity index (χ2v) is 4.87. The fourth-order valence-corrected chi connectivity index (χ4v) is 2.46. The average molecular weight is 270 g/mol. The second kappa shape index (κ2) is 5.33. The van der Waals surface area contributed by atoms with Gasteiger partial charge in [-0.3, -0.25) is 0 Å². The van der Waals surface area contributed by atoms with Crippen LogP contribution in [-0.2, 0) is 0 Å². The van der Waals surface area contributed by atoms with Gasteiger partial charge in [-0.1, -0.05) is 0 Å². The summed E-state index contributed by atoms with van der Waals surface area (Å²) in [4.78, 5) is 4.15. The third-order valence-corrected chi connectivity index (χ3v) is 3.39. The van der Waals surface area contributed by atoms with Gasteiger partial charge < -0.3 is 4.72 Å². The van der Waals surface area contributed by atoms with Crippen LogP contribution in [0.15, 0.2) is 28.7 Å². The van der Waals surface area contributed by atoms with E-state index >= 15 is 0 Å². The number of rotatable bonds is 4. The predicted octanol–water partition coefficient (Wildman–Crippen LogP) is 3.29. The first-order valence-electron chi connectivity index (χ1n) is 4.86. The standard InChI is InChI=1S/C10H11FN4S2/c1-7-5-10(12-6-8(7)15(2)11)17-14-9-3-4-16-13-9/h3-6H,1-2H3,(H,13,14). The van der Waals surface area contributed by atoms with E-state index in [1.807, 2.05) is 24.4 Å².